The molecule has 4 atom stereocenters. The Morgan fingerprint density at radius 2 is 0.459 bits per heavy atom. The van der Waals surface area contributed by atoms with Gasteiger partial charge in [0, 0.05) is 0 Å². The monoisotopic (exact) mass is 606 g/mol. The first kappa shape index (κ1) is 47.5. The van der Waals surface area contributed by atoms with Crippen LogP contribution in [0.3, 0.4) is 0 Å². The molecule has 224 valence electrons. The van der Waals surface area contributed by atoms with E-state index < -0.39 is 0 Å². The Morgan fingerprint density at radius 1 is 0.351 bits per heavy atom. The molecule has 0 amide bonds. The Morgan fingerprint density at radius 3 is 0.486 bits per heavy atom. The SMILES string of the molecule is CCCC([O-])C(C)(C)C.CCCC([O-])C(C)(C)C.CCCC([O-])C(C)(C)C.CCCC([O-])C(C)(C)C.[Zr+4]. The Hall–Kier alpha value is 0.723. The average Bonchev–Trinajstić information content (AvgIpc) is 2.67. The molecule has 0 aliphatic heterocycles. The molecule has 0 rings (SSSR count). The second kappa shape index (κ2) is 23.4. The van der Waals surface area contributed by atoms with Gasteiger partial charge in [0.05, 0.1) is 0 Å². The summed E-state index contributed by atoms with van der Waals surface area (Å²) < 4.78 is 0. The molecule has 37 heavy (non-hydrogen) atoms. The minimum Gasteiger partial charge on any atom is -0.852 e. The van der Waals surface area contributed by atoms with Crippen molar-refractivity contribution in [1.29, 1.82) is 0 Å². The molecule has 0 fully saturated rings. The number of hydrogen-bond acceptors (Lipinski definition) is 4. The molecule has 0 aromatic rings. The van der Waals surface area contributed by atoms with Crippen LogP contribution >= 0.6 is 0 Å². The maximum atomic E-state index is 11.1. The van der Waals surface area contributed by atoms with E-state index in [1.165, 1.54) is 0 Å². The van der Waals surface area contributed by atoms with E-state index in [0.717, 1.165) is 51.4 Å². The van der Waals surface area contributed by atoms with Crippen LogP contribution in [0.2, 0.25) is 0 Å². The molecule has 0 aromatic heterocycles. The number of hydrogen-bond donors (Lipinski definition) is 0. The third-order valence-electron chi connectivity index (χ3n) is 6.07. The summed E-state index contributed by atoms with van der Waals surface area (Å²) in [7, 11) is 0. The molecule has 0 aliphatic rings. The van der Waals surface area contributed by atoms with Crippen molar-refractivity contribution in [2.45, 2.75) is 187 Å². The van der Waals surface area contributed by atoms with E-state index >= 15 is 0 Å². The largest absolute Gasteiger partial charge is 4.00 e. The predicted octanol–water partition coefficient (Wildman–Crippen LogP) is 6.24. The summed E-state index contributed by atoms with van der Waals surface area (Å²) >= 11 is 0. The summed E-state index contributed by atoms with van der Waals surface area (Å²) in [5, 5.41) is 44.6. The fourth-order valence-corrected chi connectivity index (χ4v) is 2.78. The van der Waals surface area contributed by atoms with Gasteiger partial charge in [-0.1, -0.05) is 184 Å². The molecule has 5 heteroatoms. The normalized spacial score (nSPS) is 15.2. The Bertz CT molecular complexity index is 379. The van der Waals surface area contributed by atoms with Crippen molar-refractivity contribution in [3.63, 3.8) is 0 Å². The van der Waals surface area contributed by atoms with Gasteiger partial charge in [0.25, 0.3) is 0 Å². The van der Waals surface area contributed by atoms with Crippen LogP contribution in [-0.2, 0) is 26.2 Å². The fourth-order valence-electron chi connectivity index (χ4n) is 2.78. The summed E-state index contributed by atoms with van der Waals surface area (Å²) in [6.45, 7) is 32.2. The molecule has 0 N–H and O–H groups in total. The average molecular weight is 608 g/mol. The molecule has 0 aromatic carbocycles. The summed E-state index contributed by atoms with van der Waals surface area (Å²) in [6, 6.07) is 0. The summed E-state index contributed by atoms with van der Waals surface area (Å²) in [5.74, 6) is 0. The van der Waals surface area contributed by atoms with E-state index in [1.807, 2.05) is 83.1 Å². The molecule has 4 unspecified atom stereocenters. The van der Waals surface area contributed by atoms with E-state index in [-0.39, 0.29) is 72.3 Å². The molecule has 0 spiro atoms. The van der Waals surface area contributed by atoms with Gasteiger partial charge >= 0.3 is 26.2 Å². The summed E-state index contributed by atoms with van der Waals surface area (Å²) in [5.41, 5.74) is -0.182. The van der Waals surface area contributed by atoms with Gasteiger partial charge in [-0.3, -0.25) is 0 Å². The molecular weight excluding hydrogens is 540 g/mol. The van der Waals surface area contributed by atoms with E-state index in [2.05, 4.69) is 27.7 Å². The Labute approximate surface area is 253 Å². The molecule has 0 radical (unpaired) electrons. The van der Waals surface area contributed by atoms with Crippen LogP contribution in [0.5, 0.6) is 0 Å². The predicted molar refractivity (Wildman–Crippen MR) is 153 cm³/mol. The maximum Gasteiger partial charge on any atom is 4.00 e. The van der Waals surface area contributed by atoms with Crippen molar-refractivity contribution in [3.8, 4) is 0 Å². The van der Waals surface area contributed by atoms with Crippen LogP contribution in [0.15, 0.2) is 0 Å². The molecular formula is C32H68O4Zr. The first-order chi connectivity index (χ1) is 15.9. The minimum atomic E-state index is -0.387. The fraction of sp³-hybridized carbons (Fsp3) is 1.00. The van der Waals surface area contributed by atoms with Gasteiger partial charge < -0.3 is 20.4 Å². The maximum absolute atomic E-state index is 11.1. The van der Waals surface area contributed by atoms with Crippen molar-refractivity contribution in [2.75, 3.05) is 0 Å². The van der Waals surface area contributed by atoms with Crippen molar-refractivity contribution in [2.24, 2.45) is 21.7 Å². The zero-order chi connectivity index (χ0) is 30.0. The van der Waals surface area contributed by atoms with Crippen LogP contribution in [0.25, 0.3) is 0 Å². The van der Waals surface area contributed by atoms with Gasteiger partial charge in [0.2, 0.25) is 0 Å². The zero-order valence-corrected chi connectivity index (χ0v) is 30.6. The topological polar surface area (TPSA) is 92.2 Å². The third-order valence-corrected chi connectivity index (χ3v) is 6.07. The first-order valence-corrected chi connectivity index (χ1v) is 14.6. The van der Waals surface area contributed by atoms with Crippen molar-refractivity contribution >= 4 is 0 Å². The molecule has 0 bridgehead atoms. The molecule has 4 nitrogen and oxygen atoms in total. The quantitative estimate of drug-likeness (QED) is 0.326. The Balaban J connectivity index is -0.000000122. The molecule has 0 saturated heterocycles. The molecule has 0 aliphatic carbocycles. The van der Waals surface area contributed by atoms with E-state index in [4.69, 9.17) is 0 Å². The first-order valence-electron chi connectivity index (χ1n) is 14.6. The van der Waals surface area contributed by atoms with E-state index in [9.17, 15) is 20.4 Å². The van der Waals surface area contributed by atoms with E-state index in [0.29, 0.717) is 0 Å². The van der Waals surface area contributed by atoms with Crippen molar-refractivity contribution in [1.82, 2.24) is 0 Å². The minimum absolute atomic E-state index is 0. The van der Waals surface area contributed by atoms with Crippen LogP contribution in [0.1, 0.15) is 162 Å². The second-order valence-corrected chi connectivity index (χ2v) is 14.6. The molecule has 0 heterocycles. The summed E-state index contributed by atoms with van der Waals surface area (Å²) in [4.78, 5) is 0. The van der Waals surface area contributed by atoms with Crippen LogP contribution in [-0.4, -0.2) is 24.4 Å². The van der Waals surface area contributed by atoms with Gasteiger partial charge in [-0.05, 0) is 0 Å². The Kier molecular flexibility index (Phi) is 30.1. The van der Waals surface area contributed by atoms with Crippen molar-refractivity contribution < 1.29 is 46.6 Å². The smallest absolute Gasteiger partial charge is 0.852 e. The van der Waals surface area contributed by atoms with Crippen LogP contribution in [0.4, 0.5) is 0 Å². The van der Waals surface area contributed by atoms with Gasteiger partial charge in [0.15, 0.2) is 0 Å². The van der Waals surface area contributed by atoms with Gasteiger partial charge in [-0.15, -0.1) is 24.4 Å². The van der Waals surface area contributed by atoms with Crippen LogP contribution < -0.4 is 20.4 Å². The molecule has 0 saturated carbocycles. The van der Waals surface area contributed by atoms with Crippen LogP contribution in [0, 0.1) is 21.7 Å². The second-order valence-electron chi connectivity index (χ2n) is 14.6. The standard InChI is InChI=1S/4C8H17O.Zr/c4*1-5-6-7(9)8(2,3)4;/h4*7H,5-6H2,1-4H3;/q4*-1;+4. The third kappa shape index (κ3) is 32.8. The number of rotatable bonds is 8. The zero-order valence-electron chi connectivity index (χ0n) is 28.1. The van der Waals surface area contributed by atoms with Gasteiger partial charge in [-0.2, -0.15) is 0 Å². The van der Waals surface area contributed by atoms with E-state index in [1.54, 1.807) is 0 Å². The summed E-state index contributed by atoms with van der Waals surface area (Å²) in [6.07, 6.45) is 5.71. The van der Waals surface area contributed by atoms with Gasteiger partial charge in [-0.25, -0.2) is 0 Å². The van der Waals surface area contributed by atoms with Crippen molar-refractivity contribution in [3.05, 3.63) is 0 Å². The van der Waals surface area contributed by atoms with Gasteiger partial charge in [0.1, 0.15) is 0 Å².